The molecule has 0 radical (unpaired) electrons. The molecule has 26 heavy (non-hydrogen) atoms. The highest BCUT2D eigenvalue weighted by molar-refractivity contribution is 8.18. The van der Waals surface area contributed by atoms with E-state index in [2.05, 4.69) is 22.1 Å². The van der Waals surface area contributed by atoms with Gasteiger partial charge in [-0.3, -0.25) is 19.9 Å². The standard InChI is InChI=1S/C19H11N3O3S/c20-15-4-2-1-3-11(15)5-6-12-9-21-10-13-7-14(25-17(12)13)8-16-18(23)22-19(24)26-16/h1-4,7-10H,20H2,(H,22,23,24)/b16-8-. The SMILES string of the molecule is Nc1ccccc1C#Cc1cncc2cc(/C=C3\SC(=O)NC3=O)oc12. The van der Waals surface area contributed by atoms with Crippen LogP contribution in [0.25, 0.3) is 17.0 Å². The van der Waals surface area contributed by atoms with Crippen LogP contribution in [0.3, 0.4) is 0 Å². The van der Waals surface area contributed by atoms with Crippen molar-refractivity contribution in [3.8, 4) is 11.8 Å². The molecule has 0 saturated carbocycles. The second-order valence-electron chi connectivity index (χ2n) is 5.44. The van der Waals surface area contributed by atoms with E-state index >= 15 is 0 Å². The molecule has 1 aliphatic heterocycles. The van der Waals surface area contributed by atoms with E-state index in [1.54, 1.807) is 24.5 Å². The number of pyridine rings is 1. The number of carbonyl (C=O) groups excluding carboxylic acids is 2. The summed E-state index contributed by atoms with van der Waals surface area (Å²) in [5, 5.41) is 2.56. The van der Waals surface area contributed by atoms with Crippen LogP contribution in [0.4, 0.5) is 10.5 Å². The Kier molecular flexibility index (Phi) is 3.95. The molecule has 126 valence electrons. The highest BCUT2D eigenvalue weighted by Gasteiger charge is 2.25. The van der Waals surface area contributed by atoms with E-state index in [0.29, 0.717) is 22.6 Å². The fraction of sp³-hybridized carbons (Fsp3) is 0. The van der Waals surface area contributed by atoms with Gasteiger partial charge in [-0.25, -0.2) is 0 Å². The molecule has 1 aromatic carbocycles. The van der Waals surface area contributed by atoms with E-state index in [1.165, 1.54) is 6.08 Å². The van der Waals surface area contributed by atoms with E-state index in [4.69, 9.17) is 10.2 Å². The molecule has 3 heterocycles. The van der Waals surface area contributed by atoms with Gasteiger partial charge in [-0.05, 0) is 30.0 Å². The maximum atomic E-state index is 11.7. The van der Waals surface area contributed by atoms with Crippen LogP contribution in [0, 0.1) is 11.8 Å². The van der Waals surface area contributed by atoms with Crippen molar-refractivity contribution in [2.75, 3.05) is 5.73 Å². The minimum atomic E-state index is -0.432. The number of thioether (sulfide) groups is 1. The minimum absolute atomic E-state index is 0.284. The maximum absolute atomic E-state index is 11.7. The first-order valence-electron chi connectivity index (χ1n) is 7.59. The average Bonchev–Trinajstić information content (AvgIpc) is 3.17. The number of nitrogen functional groups attached to an aromatic ring is 1. The quantitative estimate of drug-likeness (QED) is 0.392. The van der Waals surface area contributed by atoms with Crippen molar-refractivity contribution in [3.05, 3.63) is 64.5 Å². The van der Waals surface area contributed by atoms with Crippen LogP contribution in [0.15, 0.2) is 52.0 Å². The van der Waals surface area contributed by atoms with Gasteiger partial charge in [-0.15, -0.1) is 0 Å². The number of fused-ring (bicyclic) bond motifs is 1. The third kappa shape index (κ3) is 3.06. The van der Waals surface area contributed by atoms with Crippen molar-refractivity contribution in [1.82, 2.24) is 10.3 Å². The highest BCUT2D eigenvalue weighted by atomic mass is 32.2. The number of imide groups is 1. The van der Waals surface area contributed by atoms with Gasteiger partial charge in [0.25, 0.3) is 11.1 Å². The number of aromatic nitrogens is 1. The monoisotopic (exact) mass is 361 g/mol. The van der Waals surface area contributed by atoms with E-state index < -0.39 is 11.1 Å². The molecule has 3 N–H and O–H groups in total. The topological polar surface area (TPSA) is 98.2 Å². The number of para-hydroxylation sites is 1. The largest absolute Gasteiger partial charge is 0.455 e. The third-order valence-electron chi connectivity index (χ3n) is 3.65. The average molecular weight is 361 g/mol. The Bertz CT molecular complexity index is 1150. The predicted molar refractivity (Wildman–Crippen MR) is 100.0 cm³/mol. The summed E-state index contributed by atoms with van der Waals surface area (Å²) in [5.74, 6) is 6.05. The zero-order chi connectivity index (χ0) is 18.1. The molecular weight excluding hydrogens is 350 g/mol. The summed E-state index contributed by atoms with van der Waals surface area (Å²) in [5.41, 5.74) is 8.38. The van der Waals surface area contributed by atoms with Crippen LogP contribution >= 0.6 is 11.8 Å². The first-order valence-corrected chi connectivity index (χ1v) is 8.41. The summed E-state index contributed by atoms with van der Waals surface area (Å²) in [7, 11) is 0. The summed E-state index contributed by atoms with van der Waals surface area (Å²) in [6, 6.07) is 9.07. The van der Waals surface area contributed by atoms with Crippen molar-refractivity contribution < 1.29 is 14.0 Å². The zero-order valence-electron chi connectivity index (χ0n) is 13.3. The lowest BCUT2D eigenvalue weighted by molar-refractivity contribution is -0.115. The molecule has 7 heteroatoms. The molecular formula is C19H11N3O3S. The maximum Gasteiger partial charge on any atom is 0.290 e. The molecule has 3 aromatic rings. The molecule has 0 atom stereocenters. The molecule has 6 nitrogen and oxygen atoms in total. The Balaban J connectivity index is 1.73. The molecule has 1 saturated heterocycles. The van der Waals surface area contributed by atoms with Gasteiger partial charge in [0.05, 0.1) is 10.5 Å². The van der Waals surface area contributed by atoms with Gasteiger partial charge in [0.2, 0.25) is 0 Å². The fourth-order valence-corrected chi connectivity index (χ4v) is 3.10. The summed E-state index contributed by atoms with van der Waals surface area (Å²) in [4.78, 5) is 27.4. The molecule has 0 bridgehead atoms. The number of nitrogens with two attached hydrogens (primary N) is 1. The second-order valence-corrected chi connectivity index (χ2v) is 6.46. The molecule has 2 aromatic heterocycles. The lowest BCUT2D eigenvalue weighted by Crippen LogP contribution is -2.17. The summed E-state index contributed by atoms with van der Waals surface area (Å²) in [6.07, 6.45) is 4.78. The number of carbonyl (C=O) groups is 2. The minimum Gasteiger partial charge on any atom is -0.455 e. The Morgan fingerprint density at radius 3 is 2.73 bits per heavy atom. The number of amides is 2. The van der Waals surface area contributed by atoms with Crippen molar-refractivity contribution in [2.24, 2.45) is 0 Å². The van der Waals surface area contributed by atoms with Gasteiger partial charge in [0.15, 0.2) is 5.58 Å². The van der Waals surface area contributed by atoms with Gasteiger partial charge in [0.1, 0.15) is 5.76 Å². The predicted octanol–water partition coefficient (Wildman–Crippen LogP) is 3.13. The summed E-state index contributed by atoms with van der Waals surface area (Å²) >= 11 is 0.836. The number of hydrogen-bond acceptors (Lipinski definition) is 6. The van der Waals surface area contributed by atoms with Crippen LogP contribution in [-0.4, -0.2) is 16.1 Å². The van der Waals surface area contributed by atoms with Crippen LogP contribution in [0.1, 0.15) is 16.9 Å². The number of benzene rings is 1. The molecule has 2 amide bonds. The van der Waals surface area contributed by atoms with E-state index in [0.717, 1.165) is 22.7 Å². The number of furan rings is 1. The lowest BCUT2D eigenvalue weighted by atomic mass is 10.1. The fourth-order valence-electron chi connectivity index (χ4n) is 2.44. The first-order chi connectivity index (χ1) is 12.6. The normalized spacial score (nSPS) is 15.2. The van der Waals surface area contributed by atoms with Gasteiger partial charge in [-0.1, -0.05) is 24.0 Å². The van der Waals surface area contributed by atoms with Crippen molar-refractivity contribution >= 4 is 45.6 Å². The Morgan fingerprint density at radius 2 is 1.96 bits per heavy atom. The second kappa shape index (κ2) is 6.43. The Morgan fingerprint density at radius 1 is 1.15 bits per heavy atom. The zero-order valence-corrected chi connectivity index (χ0v) is 14.1. The first kappa shape index (κ1) is 16.0. The van der Waals surface area contributed by atoms with Crippen LogP contribution < -0.4 is 11.1 Å². The summed E-state index contributed by atoms with van der Waals surface area (Å²) < 4.78 is 5.81. The molecule has 0 unspecified atom stereocenters. The van der Waals surface area contributed by atoms with Crippen molar-refractivity contribution in [3.63, 3.8) is 0 Å². The van der Waals surface area contributed by atoms with Gasteiger partial charge >= 0.3 is 0 Å². The lowest BCUT2D eigenvalue weighted by Gasteiger charge is -1.95. The third-order valence-corrected chi connectivity index (χ3v) is 4.46. The number of hydrogen-bond donors (Lipinski definition) is 2. The number of nitrogens with zero attached hydrogens (tertiary/aromatic N) is 1. The number of nitrogens with one attached hydrogen (secondary N) is 1. The molecule has 1 aliphatic rings. The smallest absolute Gasteiger partial charge is 0.290 e. The van der Waals surface area contributed by atoms with Gasteiger partial charge in [-0.2, -0.15) is 0 Å². The van der Waals surface area contributed by atoms with Crippen LogP contribution in [0.2, 0.25) is 0 Å². The van der Waals surface area contributed by atoms with Crippen molar-refractivity contribution in [1.29, 1.82) is 0 Å². The van der Waals surface area contributed by atoms with Gasteiger partial charge < -0.3 is 10.2 Å². The molecule has 0 spiro atoms. The van der Waals surface area contributed by atoms with E-state index in [9.17, 15) is 9.59 Å². The Hall–Kier alpha value is -3.50. The van der Waals surface area contributed by atoms with Gasteiger partial charge in [0, 0.05) is 35.1 Å². The number of anilines is 1. The Labute approximate surface area is 152 Å². The van der Waals surface area contributed by atoms with Crippen LogP contribution in [-0.2, 0) is 4.79 Å². The molecule has 1 fully saturated rings. The van der Waals surface area contributed by atoms with Crippen LogP contribution in [0.5, 0.6) is 0 Å². The molecule has 0 aliphatic carbocycles. The highest BCUT2D eigenvalue weighted by Crippen LogP contribution is 2.28. The molecule has 4 rings (SSSR count). The van der Waals surface area contributed by atoms with E-state index in [-0.39, 0.29) is 4.91 Å². The van der Waals surface area contributed by atoms with E-state index in [1.807, 2.05) is 18.2 Å². The van der Waals surface area contributed by atoms with Crippen molar-refractivity contribution in [2.45, 2.75) is 0 Å². The number of rotatable bonds is 1. The summed E-state index contributed by atoms with van der Waals surface area (Å²) in [6.45, 7) is 0.